The number of halogens is 2. The fourth-order valence-electron chi connectivity index (χ4n) is 11.5. The van der Waals surface area contributed by atoms with Crippen LogP contribution < -0.4 is 24.4 Å². The van der Waals surface area contributed by atoms with E-state index in [9.17, 15) is 57.8 Å². The lowest BCUT2D eigenvalue weighted by molar-refractivity contribution is -0.205. The highest BCUT2D eigenvalue weighted by Gasteiger charge is 2.76. The first-order valence-corrected chi connectivity index (χ1v) is 31.0. The molecule has 0 spiro atoms. The van der Waals surface area contributed by atoms with Crippen LogP contribution in [-0.2, 0) is 38.1 Å². The first-order chi connectivity index (χ1) is 38.2. The van der Waals surface area contributed by atoms with Crippen LogP contribution in [-0.4, -0.2) is 160 Å². The lowest BCUT2D eigenvalue weighted by atomic mass is 9.34. The molecule has 3 unspecified atom stereocenters. The zero-order valence-corrected chi connectivity index (χ0v) is 47.7. The summed E-state index contributed by atoms with van der Waals surface area (Å²) < 4.78 is 28.6. The summed E-state index contributed by atoms with van der Waals surface area (Å²) in [6.07, 6.45) is 3.57. The number of fused-ring (bicyclic) bond motifs is 6. The number of ether oxygens (including phenoxy) is 2. The van der Waals surface area contributed by atoms with Gasteiger partial charge in [-0.2, -0.15) is 0 Å². The lowest BCUT2D eigenvalue weighted by Gasteiger charge is -2.69. The molecular weight excluding hydrogens is 1140 g/mol. The first kappa shape index (κ1) is 58.6. The standard InChI is InChI=1S/C54H59Cl2N6O15PS2/c1-58(51(70)75-20-21-79-80-28-38(48(66)67)57-43(63)14-4-3-9-17-60-44(64)15-16-45(60)65)18-19-59(2)52(71)76-41-22-39-46(36-12-7-5-10-34(36)41)32(24-55)26-61(39)49(68)53-29-54(30-53,31-53)50(69)62-27-33(25-56)47-37-13-8-6-11-35(37)42(23-40(47)62)77-78(72,73)74/h5-8,10-13,15-16,22-23,32-33,38H,3-4,9,14,17-21,24-31H2,1-2H3,(H,57,63)(H,66,67)(H2,72,73,74). The molecule has 426 valence electrons. The zero-order chi connectivity index (χ0) is 57.3. The van der Waals surface area contributed by atoms with Crippen LogP contribution in [0.2, 0.25) is 0 Å². The van der Waals surface area contributed by atoms with Crippen LogP contribution in [0.15, 0.2) is 72.8 Å². The number of unbranched alkanes of at least 4 members (excludes halogenated alkanes) is 2. The van der Waals surface area contributed by atoms with Gasteiger partial charge in [-0.05, 0) is 54.0 Å². The zero-order valence-electron chi connectivity index (χ0n) is 43.7. The third-order valence-electron chi connectivity index (χ3n) is 15.4. The van der Waals surface area contributed by atoms with Crippen molar-refractivity contribution in [3.05, 3.63) is 83.9 Å². The number of aliphatic carboxylic acids is 1. The second-order valence-electron chi connectivity index (χ2n) is 20.8. The molecule has 3 atom stereocenters. The minimum Gasteiger partial charge on any atom is -0.480 e. The summed E-state index contributed by atoms with van der Waals surface area (Å²) in [6.45, 7) is 0.929. The summed E-state index contributed by atoms with van der Waals surface area (Å²) >= 11 is 13.1. The average molecular weight is 1200 g/mol. The SMILES string of the molecule is CN(CCN(C)C(=O)Oc1cc2c(c3ccccc13)C(CCl)CN2C(=O)C12CC(C(=O)N3CC(CCl)c4c3cc(OP(=O)(O)O)c3ccccc43)(C1)C2)C(=O)OCCSSCC(NC(=O)CCCCCN1C(=O)C=CC1=O)C(=O)O. The number of carboxylic acids is 1. The maximum absolute atomic E-state index is 14.8. The van der Waals surface area contributed by atoms with Crippen molar-refractivity contribution in [3.8, 4) is 11.5 Å². The van der Waals surface area contributed by atoms with Crippen molar-refractivity contribution < 1.29 is 71.8 Å². The molecule has 0 radical (unpaired) electrons. The summed E-state index contributed by atoms with van der Waals surface area (Å²) in [5.74, 6) is -2.29. The van der Waals surface area contributed by atoms with Crippen LogP contribution in [0, 0.1) is 10.8 Å². The molecular formula is C54H59Cl2N6O15PS2. The third kappa shape index (κ3) is 12.0. The number of likely N-dealkylation sites (N-methyl/N-ethyl adjacent to an activating group) is 2. The van der Waals surface area contributed by atoms with Gasteiger partial charge in [-0.15, -0.1) is 23.2 Å². The molecule has 80 heavy (non-hydrogen) atoms. The Morgan fingerprint density at radius 2 is 1.26 bits per heavy atom. The van der Waals surface area contributed by atoms with Crippen molar-refractivity contribution in [2.75, 3.05) is 86.5 Å². The van der Waals surface area contributed by atoms with Gasteiger partial charge in [0.2, 0.25) is 17.7 Å². The van der Waals surface area contributed by atoms with Gasteiger partial charge in [-0.25, -0.2) is 18.9 Å². The number of nitrogens with zero attached hydrogens (tertiary/aromatic N) is 5. The molecule has 3 fully saturated rings. The Hall–Kier alpha value is -6.07. The van der Waals surface area contributed by atoms with E-state index in [2.05, 4.69) is 5.32 Å². The van der Waals surface area contributed by atoms with Gasteiger partial charge in [0.15, 0.2) is 0 Å². The Morgan fingerprint density at radius 1 is 0.750 bits per heavy atom. The Labute approximate surface area is 478 Å². The summed E-state index contributed by atoms with van der Waals surface area (Å²) in [7, 11) is 0.539. The van der Waals surface area contributed by atoms with E-state index >= 15 is 0 Å². The molecule has 0 saturated heterocycles. The van der Waals surface area contributed by atoms with Crippen molar-refractivity contribution in [2.24, 2.45) is 10.8 Å². The van der Waals surface area contributed by atoms with Gasteiger partial charge < -0.3 is 44.0 Å². The predicted molar refractivity (Wildman–Crippen MR) is 302 cm³/mol. The van der Waals surface area contributed by atoms with Crippen LogP contribution >= 0.6 is 52.6 Å². The quantitative estimate of drug-likeness (QED) is 0.0173. The highest BCUT2D eigenvalue weighted by molar-refractivity contribution is 8.76. The Balaban J connectivity index is 0.754. The van der Waals surface area contributed by atoms with E-state index in [0.717, 1.165) is 21.4 Å². The molecule has 0 aromatic heterocycles. The monoisotopic (exact) mass is 1200 g/mol. The fourth-order valence-corrected chi connectivity index (χ4v) is 14.4. The Morgan fingerprint density at radius 3 is 1.79 bits per heavy atom. The number of benzene rings is 4. The molecule has 3 aliphatic heterocycles. The van der Waals surface area contributed by atoms with Gasteiger partial charge >= 0.3 is 26.0 Å². The molecule has 26 heteroatoms. The second-order valence-corrected chi connectivity index (χ2v) is 25.2. The van der Waals surface area contributed by atoms with Gasteiger partial charge in [0.05, 0.1) is 22.2 Å². The summed E-state index contributed by atoms with van der Waals surface area (Å²) in [4.78, 5) is 130. The minimum absolute atomic E-state index is 0.00663. The molecule has 10 rings (SSSR count). The number of carbonyl (C=O) groups is 8. The molecule has 2 bridgehead atoms. The van der Waals surface area contributed by atoms with E-state index in [-0.39, 0.29) is 110 Å². The smallest absolute Gasteiger partial charge is 0.480 e. The molecule has 3 aliphatic carbocycles. The van der Waals surface area contributed by atoms with Crippen LogP contribution in [0.25, 0.3) is 21.5 Å². The fraction of sp³-hybridized carbons (Fsp3) is 0.444. The highest BCUT2D eigenvalue weighted by atomic mass is 35.5. The first-order valence-electron chi connectivity index (χ1n) is 25.9. The molecule has 21 nitrogen and oxygen atoms in total. The third-order valence-corrected chi connectivity index (χ3v) is 19.0. The number of carbonyl (C=O) groups excluding carboxylic acids is 7. The number of nitrogens with one attached hydrogen (secondary N) is 1. The molecule has 4 aromatic carbocycles. The number of hydrogen-bond acceptors (Lipinski definition) is 14. The van der Waals surface area contributed by atoms with Gasteiger partial charge in [0.1, 0.15) is 24.1 Å². The van der Waals surface area contributed by atoms with Gasteiger partial charge in [-0.1, -0.05) is 76.5 Å². The maximum Gasteiger partial charge on any atom is 0.524 e. The number of anilines is 2. The number of phosphoric acid groups is 1. The number of hydrogen-bond donors (Lipinski definition) is 4. The largest absolute Gasteiger partial charge is 0.524 e. The van der Waals surface area contributed by atoms with Gasteiger partial charge in [0.25, 0.3) is 11.8 Å². The predicted octanol–water partition coefficient (Wildman–Crippen LogP) is 7.61. The van der Waals surface area contributed by atoms with Crippen molar-refractivity contribution >= 4 is 133 Å². The molecule has 6 aliphatic rings. The van der Waals surface area contributed by atoms with Crippen LogP contribution in [0.1, 0.15) is 67.9 Å². The molecule has 4 aromatic rings. The van der Waals surface area contributed by atoms with Crippen LogP contribution in [0.3, 0.4) is 0 Å². The topological polar surface area (TPSA) is 270 Å². The number of alkyl halides is 2. The number of amides is 7. The Bertz CT molecular complexity index is 3220. The van der Waals surface area contributed by atoms with Crippen molar-refractivity contribution in [3.63, 3.8) is 0 Å². The number of carboxylic acid groups (broad SMARTS) is 1. The summed E-state index contributed by atoms with van der Waals surface area (Å²) in [6, 6.07) is 16.4. The minimum atomic E-state index is -4.97. The molecule has 3 heterocycles. The van der Waals surface area contributed by atoms with Crippen molar-refractivity contribution in [1.29, 1.82) is 0 Å². The number of imide groups is 1. The van der Waals surface area contributed by atoms with Crippen molar-refractivity contribution in [1.82, 2.24) is 20.0 Å². The second kappa shape index (κ2) is 24.2. The van der Waals surface area contributed by atoms with Crippen LogP contribution in [0.5, 0.6) is 11.5 Å². The highest BCUT2D eigenvalue weighted by Crippen LogP contribution is 2.75. The number of phosphoric ester groups is 1. The molecule has 3 saturated carbocycles. The van der Waals surface area contributed by atoms with E-state index < -0.39 is 48.8 Å². The summed E-state index contributed by atoms with van der Waals surface area (Å²) in [5.41, 5.74) is 0.984. The van der Waals surface area contributed by atoms with Gasteiger partial charge in [0, 0.05) is 123 Å². The lowest BCUT2D eigenvalue weighted by Crippen LogP contribution is -2.73. The van der Waals surface area contributed by atoms with E-state index in [1.807, 2.05) is 30.3 Å². The molecule has 4 N–H and O–H groups in total. The van der Waals surface area contributed by atoms with E-state index in [0.29, 0.717) is 71.8 Å². The maximum atomic E-state index is 14.8. The van der Waals surface area contributed by atoms with E-state index in [1.54, 1.807) is 34.1 Å². The van der Waals surface area contributed by atoms with Crippen molar-refractivity contribution in [2.45, 2.75) is 62.8 Å². The number of rotatable bonds is 24. The Kier molecular flexibility index (Phi) is 17.7. The average Bonchev–Trinajstić information content (AvgIpc) is 2.10. The van der Waals surface area contributed by atoms with E-state index in [1.165, 1.54) is 63.7 Å². The van der Waals surface area contributed by atoms with Crippen LogP contribution in [0.4, 0.5) is 21.0 Å². The van der Waals surface area contributed by atoms with Gasteiger partial charge in [-0.3, -0.25) is 38.7 Å². The normalized spacial score (nSPS) is 20.9. The molecule has 7 amide bonds. The summed E-state index contributed by atoms with van der Waals surface area (Å²) in [5, 5.41) is 14.7. The van der Waals surface area contributed by atoms with E-state index in [4.69, 9.17) is 37.2 Å².